The number of aliphatic hydroxyl groups excluding tert-OH is 1. The highest BCUT2D eigenvalue weighted by atomic mass is 16.6. The first-order valence-electron chi connectivity index (χ1n) is 6.78. The zero-order valence-electron chi connectivity index (χ0n) is 12.2. The number of carbonyl (C=O) groups is 1. The summed E-state index contributed by atoms with van der Waals surface area (Å²) in [5.41, 5.74) is 0.911. The molecule has 0 spiro atoms. The Morgan fingerprint density at radius 3 is 2.65 bits per heavy atom. The molecule has 1 saturated heterocycles. The lowest BCUT2D eigenvalue weighted by atomic mass is 9.96. The zero-order chi connectivity index (χ0) is 14.8. The average molecular weight is 275 g/mol. The smallest absolute Gasteiger partial charge is 0.417 e. The number of benzene rings is 1. The molecule has 1 heterocycles. The standard InChI is InChI=1S/C16H21NO3/c1-16(2,3)10-14(18)17-13(11-20-15(17)19)9-12-7-5-4-6-8-12/h4-8,10,13,18H,9,11H2,1-3H3/b14-10-/t13-/m0/s1. The molecule has 1 aromatic carbocycles. The minimum Gasteiger partial charge on any atom is -0.495 e. The number of carbonyl (C=O) groups excluding carboxylic acids is 1. The number of allylic oxidation sites excluding steroid dienone is 1. The van der Waals surface area contributed by atoms with Crippen molar-refractivity contribution in [1.82, 2.24) is 4.90 Å². The van der Waals surface area contributed by atoms with Gasteiger partial charge in [0.2, 0.25) is 0 Å². The fraction of sp³-hybridized carbons (Fsp3) is 0.438. The molecule has 0 aliphatic carbocycles. The third-order valence-electron chi connectivity index (χ3n) is 3.08. The van der Waals surface area contributed by atoms with Crippen molar-refractivity contribution in [2.45, 2.75) is 33.2 Å². The molecule has 2 rings (SSSR count). The van der Waals surface area contributed by atoms with E-state index in [2.05, 4.69) is 0 Å². The fourth-order valence-corrected chi connectivity index (χ4v) is 2.23. The summed E-state index contributed by atoms with van der Waals surface area (Å²) < 4.78 is 5.07. The van der Waals surface area contributed by atoms with Crippen molar-refractivity contribution >= 4 is 6.09 Å². The van der Waals surface area contributed by atoms with E-state index in [1.54, 1.807) is 6.08 Å². The van der Waals surface area contributed by atoms with E-state index in [9.17, 15) is 9.90 Å². The first-order chi connectivity index (χ1) is 9.37. The Balaban J connectivity index is 2.17. The molecule has 0 bridgehead atoms. The average Bonchev–Trinajstić information content (AvgIpc) is 2.69. The van der Waals surface area contributed by atoms with E-state index in [-0.39, 0.29) is 17.3 Å². The SMILES string of the molecule is CC(C)(C)/C=C(\O)N1C(=O)OC[C@@H]1Cc1ccccc1. The molecule has 0 saturated carbocycles. The first-order valence-corrected chi connectivity index (χ1v) is 6.78. The van der Waals surface area contributed by atoms with Gasteiger partial charge >= 0.3 is 6.09 Å². The van der Waals surface area contributed by atoms with E-state index >= 15 is 0 Å². The van der Waals surface area contributed by atoms with Gasteiger partial charge in [-0.05, 0) is 23.5 Å². The van der Waals surface area contributed by atoms with Crippen molar-refractivity contribution in [3.8, 4) is 0 Å². The van der Waals surface area contributed by atoms with Crippen LogP contribution in [0.2, 0.25) is 0 Å². The molecule has 1 amide bonds. The fourth-order valence-electron chi connectivity index (χ4n) is 2.23. The van der Waals surface area contributed by atoms with E-state index < -0.39 is 6.09 Å². The Kier molecular flexibility index (Phi) is 4.02. The van der Waals surface area contributed by atoms with Gasteiger partial charge in [0, 0.05) is 0 Å². The molecule has 4 heteroatoms. The predicted molar refractivity (Wildman–Crippen MR) is 77.3 cm³/mol. The van der Waals surface area contributed by atoms with Crippen LogP contribution in [-0.4, -0.2) is 28.7 Å². The van der Waals surface area contributed by atoms with Crippen LogP contribution in [0.25, 0.3) is 0 Å². The monoisotopic (exact) mass is 275 g/mol. The number of amides is 1. The zero-order valence-corrected chi connectivity index (χ0v) is 12.2. The maximum atomic E-state index is 11.8. The van der Waals surface area contributed by atoms with Crippen LogP contribution < -0.4 is 0 Å². The second kappa shape index (κ2) is 5.57. The second-order valence-electron chi connectivity index (χ2n) is 6.16. The topological polar surface area (TPSA) is 49.8 Å². The number of rotatable bonds is 3. The molecule has 1 fully saturated rings. The van der Waals surface area contributed by atoms with Gasteiger partial charge in [-0.1, -0.05) is 51.1 Å². The summed E-state index contributed by atoms with van der Waals surface area (Å²) in [4.78, 5) is 13.2. The molecule has 1 aromatic rings. The van der Waals surface area contributed by atoms with Crippen LogP contribution in [0.15, 0.2) is 42.3 Å². The van der Waals surface area contributed by atoms with Crippen LogP contribution >= 0.6 is 0 Å². The summed E-state index contributed by atoms with van der Waals surface area (Å²) in [6.45, 7) is 6.21. The molecular weight excluding hydrogens is 254 g/mol. The molecule has 0 radical (unpaired) electrons. The molecule has 0 aromatic heterocycles. The van der Waals surface area contributed by atoms with Crippen molar-refractivity contribution in [2.75, 3.05) is 6.61 Å². The lowest BCUT2D eigenvalue weighted by Crippen LogP contribution is -2.35. The molecule has 1 aliphatic heterocycles. The summed E-state index contributed by atoms with van der Waals surface area (Å²) in [6, 6.07) is 9.72. The number of hydrogen-bond donors (Lipinski definition) is 1. The summed E-state index contributed by atoms with van der Waals surface area (Å²) in [5, 5.41) is 10.2. The molecular formula is C16H21NO3. The molecule has 108 valence electrons. The highest BCUT2D eigenvalue weighted by Gasteiger charge is 2.36. The second-order valence-corrected chi connectivity index (χ2v) is 6.16. The minimum absolute atomic E-state index is 0.0269. The number of nitrogens with zero attached hydrogens (tertiary/aromatic N) is 1. The van der Waals surface area contributed by atoms with Crippen LogP contribution in [0.4, 0.5) is 4.79 Å². The third kappa shape index (κ3) is 3.53. The van der Waals surface area contributed by atoms with Gasteiger partial charge in [-0.25, -0.2) is 9.69 Å². The van der Waals surface area contributed by atoms with Gasteiger partial charge in [-0.15, -0.1) is 0 Å². The molecule has 1 N–H and O–H groups in total. The maximum Gasteiger partial charge on any atom is 0.417 e. The summed E-state index contributed by atoms with van der Waals surface area (Å²) in [6.07, 6.45) is 1.86. The quantitative estimate of drug-likeness (QED) is 0.859. The van der Waals surface area contributed by atoms with Gasteiger partial charge in [-0.2, -0.15) is 0 Å². The minimum atomic E-state index is -0.482. The molecule has 1 aliphatic rings. The van der Waals surface area contributed by atoms with Crippen molar-refractivity contribution in [2.24, 2.45) is 5.41 Å². The first kappa shape index (κ1) is 14.4. The lowest BCUT2D eigenvalue weighted by Gasteiger charge is -2.23. The summed E-state index contributed by atoms with van der Waals surface area (Å²) >= 11 is 0. The van der Waals surface area contributed by atoms with Crippen LogP contribution in [0.3, 0.4) is 0 Å². The third-order valence-corrected chi connectivity index (χ3v) is 3.08. The molecule has 20 heavy (non-hydrogen) atoms. The predicted octanol–water partition coefficient (Wildman–Crippen LogP) is 3.50. The van der Waals surface area contributed by atoms with Crippen LogP contribution in [0, 0.1) is 5.41 Å². The van der Waals surface area contributed by atoms with Gasteiger partial charge in [0.25, 0.3) is 0 Å². The van der Waals surface area contributed by atoms with E-state index in [0.717, 1.165) is 5.56 Å². The van der Waals surface area contributed by atoms with Crippen LogP contribution in [0.5, 0.6) is 0 Å². The van der Waals surface area contributed by atoms with Gasteiger partial charge < -0.3 is 9.84 Å². The Labute approximate surface area is 119 Å². The molecule has 1 atom stereocenters. The Hall–Kier alpha value is -1.97. The number of ether oxygens (including phenoxy) is 1. The number of cyclic esters (lactones) is 1. The van der Waals surface area contributed by atoms with Crippen molar-refractivity contribution in [3.05, 3.63) is 47.9 Å². The van der Waals surface area contributed by atoms with Crippen LogP contribution in [-0.2, 0) is 11.2 Å². The van der Waals surface area contributed by atoms with Gasteiger partial charge in [-0.3, -0.25) is 0 Å². The van der Waals surface area contributed by atoms with Gasteiger partial charge in [0.05, 0.1) is 6.04 Å². The Morgan fingerprint density at radius 1 is 1.40 bits per heavy atom. The van der Waals surface area contributed by atoms with E-state index in [0.29, 0.717) is 13.0 Å². The number of aliphatic hydroxyl groups is 1. The summed E-state index contributed by atoms with van der Waals surface area (Å²) in [5.74, 6) is -0.0269. The number of hydrogen-bond acceptors (Lipinski definition) is 3. The van der Waals surface area contributed by atoms with E-state index in [4.69, 9.17) is 4.74 Å². The van der Waals surface area contributed by atoms with Crippen molar-refractivity contribution in [1.29, 1.82) is 0 Å². The van der Waals surface area contributed by atoms with E-state index in [1.807, 2.05) is 51.1 Å². The highest BCUT2D eigenvalue weighted by Crippen LogP contribution is 2.24. The van der Waals surface area contributed by atoms with Gasteiger partial charge in [0.1, 0.15) is 6.61 Å². The van der Waals surface area contributed by atoms with Gasteiger partial charge in [0.15, 0.2) is 5.88 Å². The van der Waals surface area contributed by atoms with Crippen molar-refractivity contribution in [3.63, 3.8) is 0 Å². The maximum absolute atomic E-state index is 11.8. The van der Waals surface area contributed by atoms with E-state index in [1.165, 1.54) is 4.90 Å². The largest absolute Gasteiger partial charge is 0.495 e. The summed E-state index contributed by atoms with van der Waals surface area (Å²) in [7, 11) is 0. The molecule has 0 unspecified atom stereocenters. The normalized spacial score (nSPS) is 20.1. The van der Waals surface area contributed by atoms with Crippen molar-refractivity contribution < 1.29 is 14.6 Å². The highest BCUT2D eigenvalue weighted by molar-refractivity contribution is 5.72. The Bertz CT molecular complexity index is 502. The van der Waals surface area contributed by atoms with Crippen LogP contribution in [0.1, 0.15) is 26.3 Å². The Morgan fingerprint density at radius 2 is 2.05 bits per heavy atom. The lowest BCUT2D eigenvalue weighted by molar-refractivity contribution is 0.148. The molecule has 4 nitrogen and oxygen atoms in total.